The number of para-hydroxylation sites is 1. The van der Waals surface area contributed by atoms with Gasteiger partial charge in [0.25, 0.3) is 0 Å². The van der Waals surface area contributed by atoms with Crippen molar-refractivity contribution in [2.45, 2.75) is 13.0 Å². The Kier molecular flexibility index (Phi) is 4.30. The molecule has 5 nitrogen and oxygen atoms in total. The van der Waals surface area contributed by atoms with Crippen LogP contribution in [0.1, 0.15) is 16.8 Å². The van der Waals surface area contributed by atoms with E-state index in [1.165, 1.54) is 0 Å². The van der Waals surface area contributed by atoms with Crippen molar-refractivity contribution in [3.05, 3.63) is 59.4 Å². The Labute approximate surface area is 116 Å². The minimum atomic E-state index is -0.917. The van der Waals surface area contributed by atoms with E-state index in [0.29, 0.717) is 22.6 Å². The summed E-state index contributed by atoms with van der Waals surface area (Å²) in [5.74, 6) is -0.414. The van der Waals surface area contributed by atoms with Crippen LogP contribution in [0.4, 0.5) is 0 Å². The van der Waals surface area contributed by atoms with Crippen molar-refractivity contribution < 1.29 is 14.6 Å². The highest BCUT2D eigenvalue weighted by atomic mass is 16.5. The Hall–Kier alpha value is -2.87. The summed E-state index contributed by atoms with van der Waals surface area (Å²) in [5, 5.41) is 17.8. The zero-order chi connectivity index (χ0) is 14.4. The Morgan fingerprint density at radius 3 is 2.75 bits per heavy atom. The smallest absolute Gasteiger partial charge is 0.307 e. The number of carbonyl (C=O) groups is 1. The number of carboxylic acids is 1. The molecular weight excluding hydrogens is 256 g/mol. The quantitative estimate of drug-likeness (QED) is 0.898. The molecule has 0 saturated carbocycles. The van der Waals surface area contributed by atoms with Gasteiger partial charge in [-0.2, -0.15) is 5.26 Å². The van der Waals surface area contributed by atoms with Crippen molar-refractivity contribution in [1.29, 1.82) is 5.26 Å². The second kappa shape index (κ2) is 6.34. The number of aromatic nitrogens is 1. The van der Waals surface area contributed by atoms with E-state index in [4.69, 9.17) is 15.1 Å². The predicted octanol–water partition coefficient (Wildman–Crippen LogP) is 2.16. The van der Waals surface area contributed by atoms with Gasteiger partial charge in [0.15, 0.2) is 0 Å². The van der Waals surface area contributed by atoms with Crippen LogP contribution in [0.25, 0.3) is 0 Å². The molecule has 0 amide bonds. The van der Waals surface area contributed by atoms with Gasteiger partial charge in [0.1, 0.15) is 24.1 Å². The molecule has 1 aromatic heterocycles. The topological polar surface area (TPSA) is 83.2 Å². The first kappa shape index (κ1) is 13.6. The Balaban J connectivity index is 2.15. The highest BCUT2D eigenvalue weighted by molar-refractivity contribution is 5.71. The predicted molar refractivity (Wildman–Crippen MR) is 71.1 cm³/mol. The average Bonchev–Trinajstić information content (AvgIpc) is 2.46. The third kappa shape index (κ3) is 3.33. The number of nitriles is 1. The van der Waals surface area contributed by atoms with E-state index < -0.39 is 5.97 Å². The molecule has 5 heteroatoms. The van der Waals surface area contributed by atoms with Crippen LogP contribution in [-0.2, 0) is 17.8 Å². The maximum atomic E-state index is 10.8. The number of rotatable bonds is 5. The van der Waals surface area contributed by atoms with Gasteiger partial charge in [0, 0.05) is 17.3 Å². The molecule has 0 aliphatic rings. The minimum Gasteiger partial charge on any atom is -0.489 e. The van der Waals surface area contributed by atoms with Crippen LogP contribution in [0.5, 0.6) is 5.75 Å². The molecule has 2 aromatic rings. The van der Waals surface area contributed by atoms with Crippen LogP contribution in [0.2, 0.25) is 0 Å². The van der Waals surface area contributed by atoms with Crippen molar-refractivity contribution >= 4 is 5.97 Å². The first-order chi connectivity index (χ1) is 9.70. The van der Waals surface area contributed by atoms with Gasteiger partial charge < -0.3 is 9.84 Å². The van der Waals surface area contributed by atoms with Crippen molar-refractivity contribution in [3.8, 4) is 11.8 Å². The van der Waals surface area contributed by atoms with Crippen LogP contribution < -0.4 is 4.74 Å². The monoisotopic (exact) mass is 268 g/mol. The highest BCUT2D eigenvalue weighted by Crippen LogP contribution is 2.20. The number of hydrogen-bond donors (Lipinski definition) is 1. The molecule has 0 spiro atoms. The molecule has 0 bridgehead atoms. The SMILES string of the molecule is N#Cc1ncccc1COc1ccccc1CC(=O)O. The van der Waals surface area contributed by atoms with Crippen LogP contribution in [0, 0.1) is 11.3 Å². The van der Waals surface area contributed by atoms with Gasteiger partial charge in [-0.3, -0.25) is 4.79 Å². The Morgan fingerprint density at radius 1 is 1.25 bits per heavy atom. The number of pyridine rings is 1. The summed E-state index contributed by atoms with van der Waals surface area (Å²) in [6.07, 6.45) is 1.44. The number of carboxylic acid groups (broad SMARTS) is 1. The summed E-state index contributed by atoms with van der Waals surface area (Å²) < 4.78 is 5.61. The molecule has 1 aromatic carbocycles. The van der Waals surface area contributed by atoms with E-state index in [2.05, 4.69) is 4.98 Å². The molecule has 0 aliphatic heterocycles. The number of hydrogen-bond acceptors (Lipinski definition) is 4. The summed E-state index contributed by atoms with van der Waals surface area (Å²) >= 11 is 0. The summed E-state index contributed by atoms with van der Waals surface area (Å²) in [7, 11) is 0. The Morgan fingerprint density at radius 2 is 2.00 bits per heavy atom. The van der Waals surface area contributed by atoms with Gasteiger partial charge in [0.2, 0.25) is 0 Å². The lowest BCUT2D eigenvalue weighted by Crippen LogP contribution is -2.05. The molecule has 0 radical (unpaired) electrons. The maximum absolute atomic E-state index is 10.8. The molecule has 0 fully saturated rings. The normalized spacial score (nSPS) is 9.75. The molecule has 1 N–H and O–H groups in total. The van der Waals surface area contributed by atoms with E-state index in [1.807, 2.05) is 6.07 Å². The van der Waals surface area contributed by atoms with Gasteiger partial charge in [0.05, 0.1) is 6.42 Å². The molecule has 0 unspecified atom stereocenters. The fourth-order valence-corrected chi connectivity index (χ4v) is 1.76. The number of nitrogens with zero attached hydrogens (tertiary/aromatic N) is 2. The largest absolute Gasteiger partial charge is 0.489 e. The minimum absolute atomic E-state index is 0.103. The molecular formula is C15H12N2O3. The van der Waals surface area contributed by atoms with E-state index >= 15 is 0 Å². The van der Waals surface area contributed by atoms with Gasteiger partial charge in [-0.25, -0.2) is 4.98 Å². The lowest BCUT2D eigenvalue weighted by atomic mass is 10.1. The molecule has 2 rings (SSSR count). The summed E-state index contributed by atoms with van der Waals surface area (Å²) in [5.41, 5.74) is 1.57. The lowest BCUT2D eigenvalue weighted by Gasteiger charge is -2.10. The summed E-state index contributed by atoms with van der Waals surface area (Å²) in [6.45, 7) is 0.174. The first-order valence-electron chi connectivity index (χ1n) is 5.97. The van der Waals surface area contributed by atoms with Crippen LogP contribution in [0.3, 0.4) is 0 Å². The molecule has 0 atom stereocenters. The van der Waals surface area contributed by atoms with E-state index in [0.717, 1.165) is 0 Å². The van der Waals surface area contributed by atoms with Crippen molar-refractivity contribution in [1.82, 2.24) is 4.98 Å². The van der Waals surface area contributed by atoms with Gasteiger partial charge in [-0.1, -0.05) is 24.3 Å². The van der Waals surface area contributed by atoms with Gasteiger partial charge in [-0.15, -0.1) is 0 Å². The molecule has 0 aliphatic carbocycles. The van der Waals surface area contributed by atoms with Crippen LogP contribution >= 0.6 is 0 Å². The van der Waals surface area contributed by atoms with E-state index in [-0.39, 0.29) is 13.0 Å². The highest BCUT2D eigenvalue weighted by Gasteiger charge is 2.09. The lowest BCUT2D eigenvalue weighted by molar-refractivity contribution is -0.136. The second-order valence-electron chi connectivity index (χ2n) is 4.09. The molecule has 1 heterocycles. The first-order valence-corrected chi connectivity index (χ1v) is 5.97. The van der Waals surface area contributed by atoms with Crippen LogP contribution in [0.15, 0.2) is 42.6 Å². The third-order valence-corrected chi connectivity index (χ3v) is 2.69. The summed E-state index contributed by atoms with van der Waals surface area (Å²) in [6, 6.07) is 12.4. The number of benzene rings is 1. The third-order valence-electron chi connectivity index (χ3n) is 2.69. The van der Waals surface area contributed by atoms with E-state index in [9.17, 15) is 4.79 Å². The molecule has 100 valence electrons. The maximum Gasteiger partial charge on any atom is 0.307 e. The van der Waals surface area contributed by atoms with Crippen molar-refractivity contribution in [3.63, 3.8) is 0 Å². The van der Waals surface area contributed by atoms with Crippen LogP contribution in [-0.4, -0.2) is 16.1 Å². The van der Waals surface area contributed by atoms with Gasteiger partial charge >= 0.3 is 5.97 Å². The van der Waals surface area contributed by atoms with Crippen molar-refractivity contribution in [2.24, 2.45) is 0 Å². The van der Waals surface area contributed by atoms with E-state index in [1.54, 1.807) is 42.6 Å². The Bertz CT molecular complexity index is 662. The van der Waals surface area contributed by atoms with Crippen molar-refractivity contribution in [2.75, 3.05) is 0 Å². The molecule has 0 saturated heterocycles. The fraction of sp³-hybridized carbons (Fsp3) is 0.133. The second-order valence-corrected chi connectivity index (χ2v) is 4.09. The van der Waals surface area contributed by atoms with Gasteiger partial charge in [-0.05, 0) is 12.1 Å². The number of aliphatic carboxylic acids is 1. The fourth-order valence-electron chi connectivity index (χ4n) is 1.76. The summed E-state index contributed by atoms with van der Waals surface area (Å²) in [4.78, 5) is 14.7. The number of ether oxygens (including phenoxy) is 1. The standard InChI is InChI=1S/C15H12N2O3/c16-9-13-12(5-3-7-17-13)10-20-14-6-2-1-4-11(14)8-15(18)19/h1-7H,8,10H2,(H,18,19). The zero-order valence-corrected chi connectivity index (χ0v) is 10.6. The zero-order valence-electron chi connectivity index (χ0n) is 10.6. The molecule has 20 heavy (non-hydrogen) atoms. The average molecular weight is 268 g/mol.